The Kier molecular flexibility index (Phi) is 4.51. The predicted molar refractivity (Wildman–Crippen MR) is 187 cm³/mol. The number of fused-ring (bicyclic) bond motifs is 8. The van der Waals surface area contributed by atoms with Crippen LogP contribution in [0.4, 0.5) is 0 Å². The molecular weight excluding hydrogens is 562 g/mol. The van der Waals surface area contributed by atoms with Gasteiger partial charge in [0.2, 0.25) is 0 Å². The molecule has 0 radical (unpaired) electrons. The number of allylic oxidation sites excluding steroid dienone is 2. The number of para-hydroxylation sites is 2. The number of furan rings is 1. The highest BCUT2D eigenvalue weighted by Gasteiger charge is 2.73. The second-order valence-corrected chi connectivity index (χ2v) is 13.0. The molecule has 2 atom stereocenters. The number of rotatable bonds is 3. The first kappa shape index (κ1) is 24.5. The fourth-order valence-electron chi connectivity index (χ4n) is 8.36. The van der Waals surface area contributed by atoms with Crippen LogP contribution in [-0.4, -0.2) is 10.2 Å². The molecule has 0 N–H and O–H groups in total. The van der Waals surface area contributed by atoms with Gasteiger partial charge in [0.25, 0.3) is 0 Å². The van der Waals surface area contributed by atoms with E-state index in [2.05, 4.69) is 144 Å². The summed E-state index contributed by atoms with van der Waals surface area (Å²) in [5, 5.41) is 4.66. The molecule has 0 amide bonds. The van der Waals surface area contributed by atoms with E-state index in [-0.39, 0.29) is 11.0 Å². The average molecular weight is 590 g/mol. The van der Waals surface area contributed by atoms with Crippen molar-refractivity contribution in [1.29, 1.82) is 0 Å². The third kappa shape index (κ3) is 3.02. The summed E-state index contributed by atoms with van der Waals surface area (Å²) in [5.74, 6) is 1.02. The Bertz CT molecular complexity index is 2640. The molecule has 2 aromatic heterocycles. The first-order chi connectivity index (χ1) is 22.7. The zero-order valence-corrected chi connectivity index (χ0v) is 24.9. The van der Waals surface area contributed by atoms with Gasteiger partial charge in [-0.25, -0.2) is 0 Å². The van der Waals surface area contributed by atoms with E-state index in [1.807, 2.05) is 12.1 Å². The van der Waals surface area contributed by atoms with Gasteiger partial charge in [-0.05, 0) is 65.2 Å². The topological polar surface area (TPSA) is 27.3 Å². The molecule has 0 bridgehead atoms. The Morgan fingerprint density at radius 2 is 1.30 bits per heavy atom. The summed E-state index contributed by atoms with van der Waals surface area (Å²) >= 11 is 0. The fourth-order valence-corrected chi connectivity index (χ4v) is 8.36. The molecule has 0 saturated heterocycles. The minimum atomic E-state index is -0.291. The summed E-state index contributed by atoms with van der Waals surface area (Å²) in [6, 6.07) is 45.7. The summed E-state index contributed by atoms with van der Waals surface area (Å²) in [7, 11) is 0. The largest absolute Gasteiger partial charge is 0.481 e. The van der Waals surface area contributed by atoms with Crippen molar-refractivity contribution in [1.82, 2.24) is 4.57 Å². The summed E-state index contributed by atoms with van der Waals surface area (Å²) in [4.78, 5) is 0. The molecule has 1 fully saturated rings. The molecule has 3 nitrogen and oxygen atoms in total. The fraction of sp³-hybridized carbons (Fsp3) is 0.0698. The standard InChI is InChI=1S/C43H27NO2/c1-2-10-27(11-3-1)28-16-19-30(20-17-28)44-36-14-6-4-13-32(36)39-40(44)33(25-35-41(39)46-43-23-9-8-22-42(35,43)26-43)29-18-21-38-34(24-29)31-12-5-7-15-37(31)45-38/h1-25H,26H2. The Balaban J connectivity index is 1.24. The molecule has 1 aliphatic heterocycles. The molecule has 8 aromatic rings. The van der Waals surface area contributed by atoms with Crippen LogP contribution < -0.4 is 4.74 Å². The quantitative estimate of drug-likeness (QED) is 0.205. The average Bonchev–Trinajstić information content (AvgIpc) is 3.32. The smallest absolute Gasteiger partial charge is 0.142 e. The molecule has 11 rings (SSSR count). The van der Waals surface area contributed by atoms with E-state index in [4.69, 9.17) is 9.15 Å². The monoisotopic (exact) mass is 589 g/mol. The lowest BCUT2D eigenvalue weighted by Crippen LogP contribution is -2.21. The molecule has 2 unspecified atom stereocenters. The number of benzene rings is 6. The van der Waals surface area contributed by atoms with Gasteiger partial charge in [-0.1, -0.05) is 103 Å². The molecule has 3 heteroatoms. The van der Waals surface area contributed by atoms with Crippen LogP contribution in [0, 0.1) is 0 Å². The highest BCUT2D eigenvalue weighted by Crippen LogP contribution is 2.71. The molecule has 2 aliphatic carbocycles. The lowest BCUT2D eigenvalue weighted by Gasteiger charge is -2.16. The van der Waals surface area contributed by atoms with Crippen LogP contribution >= 0.6 is 0 Å². The number of nitrogens with zero attached hydrogens (tertiary/aromatic N) is 1. The maximum absolute atomic E-state index is 7.05. The van der Waals surface area contributed by atoms with Gasteiger partial charge in [0.15, 0.2) is 0 Å². The molecule has 46 heavy (non-hydrogen) atoms. The van der Waals surface area contributed by atoms with Crippen LogP contribution in [0.3, 0.4) is 0 Å². The molecule has 6 aromatic carbocycles. The Hall–Kier alpha value is -5.80. The first-order valence-electron chi connectivity index (χ1n) is 16.0. The van der Waals surface area contributed by atoms with Gasteiger partial charge >= 0.3 is 0 Å². The van der Waals surface area contributed by atoms with Gasteiger partial charge in [0.1, 0.15) is 22.5 Å². The Labute approximate surface area is 265 Å². The van der Waals surface area contributed by atoms with E-state index < -0.39 is 0 Å². The van der Waals surface area contributed by atoms with Crippen LogP contribution in [-0.2, 0) is 5.41 Å². The molecule has 3 aliphatic rings. The number of hydrogen-bond acceptors (Lipinski definition) is 2. The second-order valence-electron chi connectivity index (χ2n) is 13.0. The van der Waals surface area contributed by atoms with Crippen LogP contribution in [0.25, 0.3) is 71.7 Å². The SMILES string of the molecule is C1=CC23CC2(C=C1)c1cc(-c2ccc4oc5ccccc5c4c2)c2c(c1O3)c1ccccc1n2-c1ccc(-c2ccccc2)cc1. The Morgan fingerprint density at radius 1 is 0.587 bits per heavy atom. The van der Waals surface area contributed by atoms with Crippen molar-refractivity contribution in [2.24, 2.45) is 0 Å². The highest BCUT2D eigenvalue weighted by molar-refractivity contribution is 6.18. The summed E-state index contributed by atoms with van der Waals surface area (Å²) in [6.07, 6.45) is 9.95. The lowest BCUT2D eigenvalue weighted by molar-refractivity contribution is 0.238. The van der Waals surface area contributed by atoms with E-state index in [1.165, 1.54) is 49.6 Å². The van der Waals surface area contributed by atoms with Crippen molar-refractivity contribution in [2.75, 3.05) is 0 Å². The van der Waals surface area contributed by atoms with E-state index in [0.717, 1.165) is 39.8 Å². The van der Waals surface area contributed by atoms with E-state index >= 15 is 0 Å². The maximum atomic E-state index is 7.05. The number of ether oxygens (including phenoxy) is 1. The van der Waals surface area contributed by atoms with E-state index in [9.17, 15) is 0 Å². The van der Waals surface area contributed by atoms with Crippen LogP contribution in [0.15, 0.2) is 156 Å². The molecule has 3 heterocycles. The van der Waals surface area contributed by atoms with Crippen LogP contribution in [0.2, 0.25) is 0 Å². The third-order valence-electron chi connectivity index (χ3n) is 10.6. The van der Waals surface area contributed by atoms with Crippen molar-refractivity contribution in [3.63, 3.8) is 0 Å². The van der Waals surface area contributed by atoms with E-state index in [0.29, 0.717) is 0 Å². The van der Waals surface area contributed by atoms with Crippen molar-refractivity contribution >= 4 is 43.7 Å². The van der Waals surface area contributed by atoms with Crippen molar-refractivity contribution < 1.29 is 9.15 Å². The van der Waals surface area contributed by atoms with Gasteiger partial charge in [0, 0.05) is 39.4 Å². The molecule has 1 saturated carbocycles. The molecule has 0 spiro atoms. The second kappa shape index (κ2) is 8.47. The number of hydrogen-bond donors (Lipinski definition) is 0. The van der Waals surface area contributed by atoms with Gasteiger partial charge in [0.05, 0.1) is 21.8 Å². The third-order valence-corrected chi connectivity index (χ3v) is 10.6. The van der Waals surface area contributed by atoms with Gasteiger partial charge in [-0.15, -0.1) is 0 Å². The van der Waals surface area contributed by atoms with Crippen molar-refractivity contribution in [2.45, 2.75) is 17.4 Å². The summed E-state index contributed by atoms with van der Waals surface area (Å²) in [5.41, 5.74) is 10.9. The summed E-state index contributed by atoms with van der Waals surface area (Å²) in [6.45, 7) is 0. The molecule has 216 valence electrons. The van der Waals surface area contributed by atoms with E-state index in [1.54, 1.807) is 0 Å². The minimum Gasteiger partial charge on any atom is -0.481 e. The predicted octanol–water partition coefficient (Wildman–Crippen LogP) is 10.9. The normalized spacial score (nSPS) is 20.7. The zero-order valence-electron chi connectivity index (χ0n) is 24.9. The first-order valence-corrected chi connectivity index (χ1v) is 16.0. The molecular formula is C43H27NO2. The Morgan fingerprint density at radius 3 is 2.20 bits per heavy atom. The van der Waals surface area contributed by atoms with Gasteiger partial charge < -0.3 is 13.7 Å². The highest BCUT2D eigenvalue weighted by atomic mass is 16.5. The number of aromatic nitrogens is 1. The van der Waals surface area contributed by atoms with Crippen LogP contribution in [0.1, 0.15) is 12.0 Å². The minimum absolute atomic E-state index is 0.118. The van der Waals surface area contributed by atoms with Crippen molar-refractivity contribution in [3.05, 3.63) is 157 Å². The van der Waals surface area contributed by atoms with Crippen LogP contribution in [0.5, 0.6) is 5.75 Å². The lowest BCUT2D eigenvalue weighted by atomic mass is 9.86. The summed E-state index contributed by atoms with van der Waals surface area (Å²) < 4.78 is 15.7. The van der Waals surface area contributed by atoms with Crippen molar-refractivity contribution in [3.8, 4) is 33.7 Å². The zero-order chi connectivity index (χ0) is 30.0. The van der Waals surface area contributed by atoms with Gasteiger partial charge in [-0.3, -0.25) is 0 Å². The maximum Gasteiger partial charge on any atom is 0.142 e. The van der Waals surface area contributed by atoms with Gasteiger partial charge in [-0.2, -0.15) is 0 Å².